The quantitative estimate of drug-likeness (QED) is 0.846. The van der Waals surface area contributed by atoms with Crippen molar-refractivity contribution in [1.29, 1.82) is 0 Å². The van der Waals surface area contributed by atoms with Crippen LogP contribution in [0.1, 0.15) is 22.8 Å². The van der Waals surface area contributed by atoms with Gasteiger partial charge in [-0.1, -0.05) is 15.9 Å². The van der Waals surface area contributed by atoms with Crippen molar-refractivity contribution in [3.63, 3.8) is 0 Å². The Kier molecular flexibility index (Phi) is 5.53. The number of hydrogen-bond donors (Lipinski definition) is 0. The number of rotatable bonds is 4. The van der Waals surface area contributed by atoms with Gasteiger partial charge in [-0.3, -0.25) is 4.79 Å². The van der Waals surface area contributed by atoms with Gasteiger partial charge in [0, 0.05) is 28.9 Å². The van der Waals surface area contributed by atoms with Crippen molar-refractivity contribution in [2.75, 3.05) is 19.1 Å². The summed E-state index contributed by atoms with van der Waals surface area (Å²) in [5, 5.41) is 0. The van der Waals surface area contributed by atoms with Gasteiger partial charge >= 0.3 is 0 Å². The zero-order valence-electron chi connectivity index (χ0n) is 10.7. The van der Waals surface area contributed by atoms with E-state index in [0.717, 1.165) is 21.4 Å². The van der Waals surface area contributed by atoms with Crippen LogP contribution in [0, 0.1) is 6.92 Å². The Morgan fingerprint density at radius 3 is 2.65 bits per heavy atom. The van der Waals surface area contributed by atoms with Crippen molar-refractivity contribution < 1.29 is 4.79 Å². The average molecular weight is 316 g/mol. The van der Waals surface area contributed by atoms with E-state index in [4.69, 9.17) is 0 Å². The van der Waals surface area contributed by atoms with E-state index in [-0.39, 0.29) is 11.9 Å². The Hall–Kier alpha value is -0.480. The molecule has 0 spiro atoms. The van der Waals surface area contributed by atoms with Crippen molar-refractivity contribution in [2.24, 2.45) is 0 Å². The van der Waals surface area contributed by atoms with Gasteiger partial charge in [-0.05, 0) is 43.9 Å². The summed E-state index contributed by atoms with van der Waals surface area (Å²) >= 11 is 5.18. The third kappa shape index (κ3) is 4.03. The predicted octanol–water partition coefficient (Wildman–Crippen LogP) is 3.58. The number of hydrogen-bond acceptors (Lipinski definition) is 2. The van der Waals surface area contributed by atoms with Gasteiger partial charge in [-0.25, -0.2) is 0 Å². The van der Waals surface area contributed by atoms with Crippen molar-refractivity contribution in [3.05, 3.63) is 33.8 Å². The molecule has 0 heterocycles. The third-order valence-corrected chi connectivity index (χ3v) is 3.95. The summed E-state index contributed by atoms with van der Waals surface area (Å²) < 4.78 is 0.951. The fraction of sp³-hybridized carbons (Fsp3) is 0.462. The van der Waals surface area contributed by atoms with E-state index in [2.05, 4.69) is 29.1 Å². The summed E-state index contributed by atoms with van der Waals surface area (Å²) in [6, 6.07) is 6.05. The molecular formula is C13H18BrNOS. The number of carbonyl (C=O) groups is 1. The van der Waals surface area contributed by atoms with Gasteiger partial charge in [-0.2, -0.15) is 11.8 Å². The second kappa shape index (κ2) is 6.45. The second-order valence-electron chi connectivity index (χ2n) is 4.24. The van der Waals surface area contributed by atoms with E-state index in [1.807, 2.05) is 32.2 Å². The van der Waals surface area contributed by atoms with Gasteiger partial charge < -0.3 is 4.90 Å². The van der Waals surface area contributed by atoms with E-state index in [9.17, 15) is 4.79 Å². The first-order valence-corrected chi connectivity index (χ1v) is 7.67. The Balaban J connectivity index is 2.88. The monoisotopic (exact) mass is 315 g/mol. The Morgan fingerprint density at radius 2 is 2.12 bits per heavy atom. The molecule has 1 amide bonds. The smallest absolute Gasteiger partial charge is 0.253 e. The Labute approximate surface area is 116 Å². The predicted molar refractivity (Wildman–Crippen MR) is 78.8 cm³/mol. The first-order chi connectivity index (χ1) is 7.95. The van der Waals surface area contributed by atoms with Crippen molar-refractivity contribution in [2.45, 2.75) is 19.9 Å². The fourth-order valence-electron chi connectivity index (χ4n) is 1.62. The average Bonchev–Trinajstić information content (AvgIpc) is 2.26. The molecule has 0 aliphatic rings. The zero-order valence-corrected chi connectivity index (χ0v) is 13.1. The standard InChI is InChI=1S/C13H18BrNOS/c1-9-5-11(7-12(14)6-9)13(16)15(3)10(2)8-17-4/h5-7,10H,8H2,1-4H3. The van der Waals surface area contributed by atoms with Crippen molar-refractivity contribution in [1.82, 2.24) is 4.90 Å². The second-order valence-corrected chi connectivity index (χ2v) is 6.06. The summed E-state index contributed by atoms with van der Waals surface area (Å²) in [5.41, 5.74) is 1.83. The molecule has 2 nitrogen and oxygen atoms in total. The molecule has 1 aromatic rings. The molecule has 1 unspecified atom stereocenters. The van der Waals surface area contributed by atoms with Gasteiger partial charge in [0.15, 0.2) is 0 Å². The minimum Gasteiger partial charge on any atom is -0.338 e. The molecule has 1 aromatic carbocycles. The van der Waals surface area contributed by atoms with Crippen LogP contribution in [0.15, 0.2) is 22.7 Å². The van der Waals surface area contributed by atoms with Crippen LogP contribution in [-0.2, 0) is 0 Å². The van der Waals surface area contributed by atoms with Crippen LogP contribution in [0.3, 0.4) is 0 Å². The zero-order chi connectivity index (χ0) is 13.0. The minimum absolute atomic E-state index is 0.0796. The number of halogens is 1. The van der Waals surface area contributed by atoms with Crippen LogP contribution in [0.5, 0.6) is 0 Å². The molecule has 0 aliphatic carbocycles. The van der Waals surface area contributed by atoms with Crippen LogP contribution in [0.4, 0.5) is 0 Å². The highest BCUT2D eigenvalue weighted by atomic mass is 79.9. The molecule has 0 bridgehead atoms. The van der Waals surface area contributed by atoms with E-state index in [1.165, 1.54) is 0 Å². The van der Waals surface area contributed by atoms with Crippen molar-refractivity contribution in [3.8, 4) is 0 Å². The lowest BCUT2D eigenvalue weighted by Crippen LogP contribution is -2.36. The van der Waals surface area contributed by atoms with Crippen LogP contribution < -0.4 is 0 Å². The van der Waals surface area contributed by atoms with Gasteiger partial charge in [0.05, 0.1) is 0 Å². The summed E-state index contributed by atoms with van der Waals surface area (Å²) in [6.07, 6.45) is 2.05. The van der Waals surface area contributed by atoms with E-state index in [0.29, 0.717) is 0 Å². The lowest BCUT2D eigenvalue weighted by Gasteiger charge is -2.24. The van der Waals surface area contributed by atoms with Gasteiger partial charge in [-0.15, -0.1) is 0 Å². The number of carbonyl (C=O) groups excluding carboxylic acids is 1. The molecule has 0 aromatic heterocycles. The maximum atomic E-state index is 12.3. The van der Waals surface area contributed by atoms with Crippen LogP contribution in [0.25, 0.3) is 0 Å². The fourth-order valence-corrected chi connectivity index (χ4v) is 2.93. The molecule has 0 saturated heterocycles. The number of thioether (sulfide) groups is 1. The molecule has 0 saturated carbocycles. The number of aryl methyl sites for hydroxylation is 1. The first kappa shape index (κ1) is 14.6. The molecule has 1 rings (SSSR count). The molecule has 0 N–H and O–H groups in total. The van der Waals surface area contributed by atoms with E-state index < -0.39 is 0 Å². The highest BCUT2D eigenvalue weighted by Crippen LogP contribution is 2.17. The number of amides is 1. The molecule has 4 heteroatoms. The maximum absolute atomic E-state index is 12.3. The van der Waals surface area contributed by atoms with Gasteiger partial charge in [0.25, 0.3) is 5.91 Å². The first-order valence-electron chi connectivity index (χ1n) is 5.49. The van der Waals surface area contributed by atoms with Gasteiger partial charge in [0.1, 0.15) is 0 Å². The van der Waals surface area contributed by atoms with Crippen LogP contribution in [-0.4, -0.2) is 35.9 Å². The SMILES string of the molecule is CSCC(C)N(C)C(=O)c1cc(C)cc(Br)c1. The minimum atomic E-state index is 0.0796. The van der Waals surface area contributed by atoms with Crippen LogP contribution >= 0.6 is 27.7 Å². The lowest BCUT2D eigenvalue weighted by atomic mass is 10.1. The molecule has 17 heavy (non-hydrogen) atoms. The number of nitrogens with zero attached hydrogens (tertiary/aromatic N) is 1. The summed E-state index contributed by atoms with van der Waals surface area (Å²) in [5.74, 6) is 1.03. The third-order valence-electron chi connectivity index (χ3n) is 2.68. The molecular weight excluding hydrogens is 298 g/mol. The Bertz CT molecular complexity index is 388. The lowest BCUT2D eigenvalue weighted by molar-refractivity contribution is 0.0757. The Morgan fingerprint density at radius 1 is 1.47 bits per heavy atom. The maximum Gasteiger partial charge on any atom is 0.253 e. The van der Waals surface area contributed by atoms with E-state index >= 15 is 0 Å². The summed E-state index contributed by atoms with van der Waals surface area (Å²) in [4.78, 5) is 14.1. The molecule has 0 fully saturated rings. The highest BCUT2D eigenvalue weighted by Gasteiger charge is 2.17. The largest absolute Gasteiger partial charge is 0.338 e. The topological polar surface area (TPSA) is 20.3 Å². The van der Waals surface area contributed by atoms with Gasteiger partial charge in [0.2, 0.25) is 0 Å². The molecule has 94 valence electrons. The van der Waals surface area contributed by atoms with Crippen LogP contribution in [0.2, 0.25) is 0 Å². The highest BCUT2D eigenvalue weighted by molar-refractivity contribution is 9.10. The van der Waals surface area contributed by atoms with E-state index in [1.54, 1.807) is 16.7 Å². The number of benzene rings is 1. The normalized spacial score (nSPS) is 12.3. The molecule has 0 aliphatic heterocycles. The molecule has 0 radical (unpaired) electrons. The van der Waals surface area contributed by atoms with Crippen molar-refractivity contribution >= 4 is 33.6 Å². The summed E-state index contributed by atoms with van der Waals surface area (Å²) in [6.45, 7) is 4.06. The summed E-state index contributed by atoms with van der Waals surface area (Å²) in [7, 11) is 1.86. The molecule has 1 atom stereocenters.